The second-order valence-electron chi connectivity index (χ2n) is 4.63. The number of hydrogen-bond donors (Lipinski definition) is 3. The van der Waals surface area contributed by atoms with Crippen molar-refractivity contribution < 1.29 is 4.79 Å². The van der Waals surface area contributed by atoms with Gasteiger partial charge in [-0.3, -0.25) is 4.79 Å². The van der Waals surface area contributed by atoms with E-state index in [9.17, 15) is 4.79 Å². The number of ketones is 1. The van der Waals surface area contributed by atoms with E-state index in [1.165, 1.54) is 0 Å². The minimum Gasteiger partial charge on any atom is -0.398 e. The van der Waals surface area contributed by atoms with E-state index in [-0.39, 0.29) is 17.7 Å². The summed E-state index contributed by atoms with van der Waals surface area (Å²) in [5.74, 6) is -0.0590. The molecule has 1 fully saturated rings. The second-order valence-corrected chi connectivity index (χ2v) is 5.54. The van der Waals surface area contributed by atoms with Crippen molar-refractivity contribution in [3.63, 3.8) is 0 Å². The van der Waals surface area contributed by atoms with Crippen molar-refractivity contribution in [1.29, 1.82) is 0 Å². The maximum absolute atomic E-state index is 12.0. The number of hydrogen-bond acceptors (Lipinski definition) is 4. The second kappa shape index (κ2) is 5.82. The van der Waals surface area contributed by atoms with Crippen molar-refractivity contribution >= 4 is 27.4 Å². The number of Topliss-reactive ketones (excluding diaryl/α,β-unsaturated/α-hetero) is 1. The van der Waals surface area contributed by atoms with Crippen LogP contribution in [0.25, 0.3) is 0 Å². The molecule has 0 saturated carbocycles. The number of anilines is 1. The molecule has 1 heterocycles. The molecule has 0 radical (unpaired) electrons. The first kappa shape index (κ1) is 13.5. The van der Waals surface area contributed by atoms with Crippen molar-refractivity contribution in [2.75, 3.05) is 25.4 Å². The van der Waals surface area contributed by atoms with Crippen LogP contribution in [-0.4, -0.2) is 31.5 Å². The molecule has 2 atom stereocenters. The summed E-state index contributed by atoms with van der Waals surface area (Å²) in [6.45, 7) is 4.23. The molecule has 1 aliphatic rings. The van der Waals surface area contributed by atoms with Crippen molar-refractivity contribution in [2.45, 2.75) is 18.9 Å². The number of rotatable bonds is 3. The molecule has 2 rings (SSSR count). The number of benzene rings is 1. The molecule has 1 aromatic carbocycles. The highest BCUT2D eigenvalue weighted by Crippen LogP contribution is 2.29. The summed E-state index contributed by atoms with van der Waals surface area (Å²) in [5, 5.41) is 6.70. The molecule has 4 N–H and O–H groups in total. The highest BCUT2D eigenvalue weighted by molar-refractivity contribution is 9.10. The maximum Gasteiger partial charge on any atom is 0.138 e. The van der Waals surface area contributed by atoms with Gasteiger partial charge in [0.2, 0.25) is 0 Å². The van der Waals surface area contributed by atoms with Crippen LogP contribution in [0.4, 0.5) is 5.69 Å². The molecule has 2 unspecified atom stereocenters. The average Bonchev–Trinajstić information content (AvgIpc) is 2.35. The summed E-state index contributed by atoms with van der Waals surface area (Å²) in [4.78, 5) is 12.0. The van der Waals surface area contributed by atoms with E-state index < -0.39 is 0 Å². The average molecular weight is 312 g/mol. The van der Waals surface area contributed by atoms with Crippen LogP contribution in [0, 0.1) is 0 Å². The lowest BCUT2D eigenvalue weighted by Gasteiger charge is -2.31. The number of carbonyl (C=O) groups is 1. The Balaban J connectivity index is 2.34. The molecule has 0 bridgehead atoms. The number of piperazine rings is 1. The normalized spacial score (nSPS) is 21.6. The lowest BCUT2D eigenvalue weighted by Crippen LogP contribution is -2.52. The Morgan fingerprint density at radius 3 is 2.89 bits per heavy atom. The Kier molecular flexibility index (Phi) is 4.37. The molecule has 0 aromatic heterocycles. The minimum absolute atomic E-state index is 0.104. The highest BCUT2D eigenvalue weighted by Gasteiger charge is 2.29. The van der Waals surface area contributed by atoms with Gasteiger partial charge in [-0.05, 0) is 30.7 Å². The smallest absolute Gasteiger partial charge is 0.138 e. The summed E-state index contributed by atoms with van der Waals surface area (Å²) in [6, 6.07) is 5.78. The standard InChI is InChI=1S/C13H18BrN3O/c1-8(18)13(12-7-16-4-5-17-12)10-6-9(14)2-3-11(10)15/h2-3,6,12-13,16-17H,4-5,7,15H2,1H3. The summed E-state index contributed by atoms with van der Waals surface area (Å²) in [5.41, 5.74) is 7.59. The van der Waals surface area contributed by atoms with Gasteiger partial charge >= 0.3 is 0 Å². The number of carbonyl (C=O) groups excluding carboxylic acids is 1. The van der Waals surface area contributed by atoms with Gasteiger partial charge in [-0.2, -0.15) is 0 Å². The number of nitrogens with two attached hydrogens (primary N) is 1. The Morgan fingerprint density at radius 2 is 2.28 bits per heavy atom. The zero-order valence-corrected chi connectivity index (χ0v) is 12.0. The molecule has 1 aliphatic heterocycles. The number of halogens is 1. The minimum atomic E-state index is -0.199. The van der Waals surface area contributed by atoms with Gasteiger partial charge in [0.15, 0.2) is 0 Å². The van der Waals surface area contributed by atoms with Crippen LogP contribution in [0.5, 0.6) is 0 Å². The van der Waals surface area contributed by atoms with E-state index >= 15 is 0 Å². The zero-order chi connectivity index (χ0) is 13.1. The number of nitrogens with one attached hydrogen (secondary N) is 2. The van der Waals surface area contributed by atoms with E-state index in [4.69, 9.17) is 5.73 Å². The van der Waals surface area contributed by atoms with Crippen molar-refractivity contribution in [3.8, 4) is 0 Å². The van der Waals surface area contributed by atoms with Crippen LogP contribution in [0.15, 0.2) is 22.7 Å². The largest absolute Gasteiger partial charge is 0.398 e. The molecule has 0 amide bonds. The van der Waals surface area contributed by atoms with Crippen LogP contribution < -0.4 is 16.4 Å². The third kappa shape index (κ3) is 2.91. The van der Waals surface area contributed by atoms with E-state index in [0.717, 1.165) is 29.7 Å². The zero-order valence-electron chi connectivity index (χ0n) is 10.4. The quantitative estimate of drug-likeness (QED) is 0.735. The van der Waals surface area contributed by atoms with E-state index in [2.05, 4.69) is 26.6 Å². The lowest BCUT2D eigenvalue weighted by atomic mass is 9.86. The molecule has 0 aliphatic carbocycles. The van der Waals surface area contributed by atoms with Crippen LogP contribution in [0.1, 0.15) is 18.4 Å². The van der Waals surface area contributed by atoms with Gasteiger partial charge in [0.05, 0.1) is 5.92 Å². The van der Waals surface area contributed by atoms with Crippen molar-refractivity contribution in [2.24, 2.45) is 0 Å². The third-order valence-corrected chi connectivity index (χ3v) is 3.79. The fourth-order valence-electron chi connectivity index (χ4n) is 2.45. The Hall–Kier alpha value is -0.910. The predicted molar refractivity (Wildman–Crippen MR) is 76.6 cm³/mol. The predicted octanol–water partition coefficient (Wildman–Crippen LogP) is 1.27. The molecular formula is C13H18BrN3O. The molecule has 1 saturated heterocycles. The fourth-order valence-corrected chi connectivity index (χ4v) is 2.82. The lowest BCUT2D eigenvalue weighted by molar-refractivity contribution is -0.119. The molecular weight excluding hydrogens is 294 g/mol. The Morgan fingerprint density at radius 1 is 1.50 bits per heavy atom. The first-order chi connectivity index (χ1) is 8.59. The fraction of sp³-hybridized carbons (Fsp3) is 0.462. The SMILES string of the molecule is CC(=O)C(c1cc(Br)ccc1N)C1CNCCN1. The van der Waals surface area contributed by atoms with Gasteiger partial charge in [-0.1, -0.05) is 15.9 Å². The first-order valence-electron chi connectivity index (χ1n) is 6.09. The highest BCUT2D eigenvalue weighted by atomic mass is 79.9. The molecule has 0 spiro atoms. The van der Waals surface area contributed by atoms with Crippen LogP contribution in [0.3, 0.4) is 0 Å². The van der Waals surface area contributed by atoms with E-state index in [1.807, 2.05) is 18.2 Å². The van der Waals surface area contributed by atoms with E-state index in [1.54, 1.807) is 6.92 Å². The van der Waals surface area contributed by atoms with Gasteiger partial charge < -0.3 is 16.4 Å². The monoisotopic (exact) mass is 311 g/mol. The molecule has 5 heteroatoms. The van der Waals surface area contributed by atoms with Crippen LogP contribution in [-0.2, 0) is 4.79 Å². The van der Waals surface area contributed by atoms with Gasteiger partial charge in [0, 0.05) is 35.8 Å². The summed E-state index contributed by atoms with van der Waals surface area (Å²) >= 11 is 3.43. The summed E-state index contributed by atoms with van der Waals surface area (Å²) in [7, 11) is 0. The topological polar surface area (TPSA) is 67.2 Å². The van der Waals surface area contributed by atoms with Crippen LogP contribution in [0.2, 0.25) is 0 Å². The van der Waals surface area contributed by atoms with Gasteiger partial charge in [0.1, 0.15) is 5.78 Å². The Bertz CT molecular complexity index is 444. The van der Waals surface area contributed by atoms with Gasteiger partial charge in [-0.15, -0.1) is 0 Å². The molecule has 1 aromatic rings. The van der Waals surface area contributed by atoms with Gasteiger partial charge in [0.25, 0.3) is 0 Å². The Labute approximate surface area is 115 Å². The van der Waals surface area contributed by atoms with Crippen LogP contribution >= 0.6 is 15.9 Å². The molecule has 4 nitrogen and oxygen atoms in total. The maximum atomic E-state index is 12.0. The molecule has 98 valence electrons. The van der Waals surface area contributed by atoms with Crippen molar-refractivity contribution in [3.05, 3.63) is 28.2 Å². The van der Waals surface area contributed by atoms with E-state index in [0.29, 0.717) is 5.69 Å². The van der Waals surface area contributed by atoms with Gasteiger partial charge in [-0.25, -0.2) is 0 Å². The third-order valence-electron chi connectivity index (χ3n) is 3.30. The molecule has 18 heavy (non-hydrogen) atoms. The summed E-state index contributed by atoms with van der Waals surface area (Å²) < 4.78 is 0.946. The summed E-state index contributed by atoms with van der Waals surface area (Å²) in [6.07, 6.45) is 0. The van der Waals surface area contributed by atoms with Crippen molar-refractivity contribution in [1.82, 2.24) is 10.6 Å². The first-order valence-corrected chi connectivity index (χ1v) is 6.88. The number of nitrogen functional groups attached to an aromatic ring is 1.